The van der Waals surface area contributed by atoms with Crippen LogP contribution in [0, 0.1) is 13.8 Å². The van der Waals surface area contributed by atoms with Gasteiger partial charge in [0.1, 0.15) is 11.3 Å². The number of alkyl halides is 1. The Balaban J connectivity index is 3.53. The average Bonchev–Trinajstić information content (AvgIpc) is 2.35. The fourth-order valence-electron chi connectivity index (χ4n) is 2.48. The lowest BCUT2D eigenvalue weighted by Crippen LogP contribution is -2.12. The summed E-state index contributed by atoms with van der Waals surface area (Å²) in [5.74, 6) is 0.0648. The van der Waals surface area contributed by atoms with Gasteiger partial charge in [0.15, 0.2) is 0 Å². The van der Waals surface area contributed by atoms with Gasteiger partial charge in [-0.1, -0.05) is 6.92 Å². The highest BCUT2D eigenvalue weighted by molar-refractivity contribution is 6.18. The molecule has 0 unspecified atom stereocenters. The van der Waals surface area contributed by atoms with Crippen molar-refractivity contribution in [2.45, 2.75) is 40.5 Å². The van der Waals surface area contributed by atoms with Gasteiger partial charge >= 0.3 is 5.97 Å². The number of esters is 1. The van der Waals surface area contributed by atoms with Crippen LogP contribution in [0.25, 0.3) is 0 Å². The first-order valence-corrected chi connectivity index (χ1v) is 7.09. The van der Waals surface area contributed by atoms with Crippen LogP contribution >= 0.6 is 11.6 Å². The number of phenols is 1. The third kappa shape index (κ3) is 3.03. The van der Waals surface area contributed by atoms with Crippen molar-refractivity contribution in [3.05, 3.63) is 27.8 Å². The molecule has 0 spiro atoms. The zero-order valence-corrected chi connectivity index (χ0v) is 12.7. The van der Waals surface area contributed by atoms with Crippen LogP contribution < -0.4 is 0 Å². The topological polar surface area (TPSA) is 46.5 Å². The molecule has 106 valence electrons. The molecule has 0 aliphatic heterocycles. The summed E-state index contributed by atoms with van der Waals surface area (Å²) in [6, 6.07) is 0. The van der Waals surface area contributed by atoms with Crippen LogP contribution in [0.2, 0.25) is 0 Å². The van der Waals surface area contributed by atoms with Gasteiger partial charge in [-0.15, -0.1) is 11.6 Å². The molecule has 4 heteroatoms. The fraction of sp³-hybridized carbons (Fsp3) is 0.533. The zero-order valence-electron chi connectivity index (χ0n) is 12.0. The minimum atomic E-state index is -0.469. The molecule has 0 saturated heterocycles. The number of hydrogen-bond donors (Lipinski definition) is 1. The Bertz CT molecular complexity index is 481. The van der Waals surface area contributed by atoms with Crippen LogP contribution in [0.3, 0.4) is 0 Å². The SMILES string of the molecule is CCOC(=O)c1c(C)c(CCCl)c(C)c(CC)c1O. The quantitative estimate of drug-likeness (QED) is 0.665. The smallest absolute Gasteiger partial charge is 0.342 e. The summed E-state index contributed by atoms with van der Waals surface area (Å²) in [5.41, 5.74) is 3.91. The number of hydrogen-bond acceptors (Lipinski definition) is 3. The van der Waals surface area contributed by atoms with E-state index in [0.29, 0.717) is 18.7 Å². The van der Waals surface area contributed by atoms with E-state index in [0.717, 1.165) is 22.3 Å². The summed E-state index contributed by atoms with van der Waals surface area (Å²) in [6.07, 6.45) is 1.35. The van der Waals surface area contributed by atoms with Gasteiger partial charge in [0, 0.05) is 5.88 Å². The van der Waals surface area contributed by atoms with Crippen molar-refractivity contribution in [1.29, 1.82) is 0 Å². The van der Waals surface area contributed by atoms with Crippen molar-refractivity contribution in [3.63, 3.8) is 0 Å². The third-order valence-corrected chi connectivity index (χ3v) is 3.62. The summed E-state index contributed by atoms with van der Waals surface area (Å²) in [6.45, 7) is 7.79. The molecular weight excluding hydrogens is 264 g/mol. The molecule has 19 heavy (non-hydrogen) atoms. The maximum absolute atomic E-state index is 12.0. The number of phenolic OH excluding ortho intramolecular Hbond substituents is 1. The second kappa shape index (κ2) is 6.80. The fourth-order valence-corrected chi connectivity index (χ4v) is 2.66. The van der Waals surface area contributed by atoms with E-state index in [4.69, 9.17) is 16.3 Å². The minimum absolute atomic E-state index is 0.0503. The van der Waals surface area contributed by atoms with Gasteiger partial charge in [-0.25, -0.2) is 4.79 Å². The van der Waals surface area contributed by atoms with Crippen molar-refractivity contribution in [3.8, 4) is 5.75 Å². The summed E-state index contributed by atoms with van der Waals surface area (Å²) in [4.78, 5) is 12.0. The van der Waals surface area contributed by atoms with Crippen LogP contribution in [-0.4, -0.2) is 23.6 Å². The van der Waals surface area contributed by atoms with Gasteiger partial charge in [0.2, 0.25) is 0 Å². The lowest BCUT2D eigenvalue weighted by Gasteiger charge is -2.19. The normalized spacial score (nSPS) is 10.6. The molecule has 0 aliphatic rings. The number of carbonyl (C=O) groups is 1. The van der Waals surface area contributed by atoms with Crippen molar-refractivity contribution < 1.29 is 14.6 Å². The van der Waals surface area contributed by atoms with E-state index < -0.39 is 5.97 Å². The van der Waals surface area contributed by atoms with Gasteiger partial charge in [-0.3, -0.25) is 0 Å². The van der Waals surface area contributed by atoms with Crippen molar-refractivity contribution in [1.82, 2.24) is 0 Å². The number of rotatable bonds is 5. The summed E-state index contributed by atoms with van der Waals surface area (Å²) in [5, 5.41) is 10.3. The summed E-state index contributed by atoms with van der Waals surface area (Å²) in [7, 11) is 0. The zero-order chi connectivity index (χ0) is 14.6. The van der Waals surface area contributed by atoms with Gasteiger partial charge in [0.25, 0.3) is 0 Å². The second-order valence-corrected chi connectivity index (χ2v) is 4.82. The van der Waals surface area contributed by atoms with Gasteiger partial charge in [0.05, 0.1) is 6.61 Å². The molecule has 1 N–H and O–H groups in total. The first-order chi connectivity index (χ1) is 8.99. The summed E-state index contributed by atoms with van der Waals surface area (Å²) < 4.78 is 5.03. The molecule has 0 saturated carbocycles. The Morgan fingerprint density at radius 1 is 1.21 bits per heavy atom. The Hall–Kier alpha value is -1.22. The van der Waals surface area contributed by atoms with E-state index in [1.807, 2.05) is 20.8 Å². The molecule has 0 aromatic heterocycles. The molecule has 1 aromatic rings. The lowest BCUT2D eigenvalue weighted by molar-refractivity contribution is 0.0522. The number of carbonyl (C=O) groups excluding carboxylic acids is 1. The molecule has 3 nitrogen and oxygen atoms in total. The molecular formula is C15H21ClO3. The first kappa shape index (κ1) is 15.8. The molecule has 0 radical (unpaired) electrons. The van der Waals surface area contributed by atoms with Crippen LogP contribution in [0.15, 0.2) is 0 Å². The molecule has 0 atom stereocenters. The number of halogens is 1. The highest BCUT2D eigenvalue weighted by atomic mass is 35.5. The monoisotopic (exact) mass is 284 g/mol. The number of benzene rings is 1. The average molecular weight is 285 g/mol. The lowest BCUT2D eigenvalue weighted by atomic mass is 9.89. The Labute approximate surface area is 119 Å². The van der Waals surface area contributed by atoms with Gasteiger partial charge < -0.3 is 9.84 Å². The second-order valence-electron chi connectivity index (χ2n) is 4.44. The van der Waals surface area contributed by atoms with E-state index in [2.05, 4.69) is 0 Å². The van der Waals surface area contributed by atoms with Crippen LogP contribution in [0.4, 0.5) is 0 Å². The van der Waals surface area contributed by atoms with Crippen molar-refractivity contribution in [2.24, 2.45) is 0 Å². The van der Waals surface area contributed by atoms with E-state index >= 15 is 0 Å². The van der Waals surface area contributed by atoms with E-state index in [1.165, 1.54) is 0 Å². The molecule has 0 heterocycles. The molecule has 0 bridgehead atoms. The van der Waals surface area contributed by atoms with Gasteiger partial charge in [-0.05, 0) is 55.9 Å². The highest BCUT2D eigenvalue weighted by Gasteiger charge is 2.23. The predicted molar refractivity (Wildman–Crippen MR) is 77.3 cm³/mol. The molecule has 1 rings (SSSR count). The predicted octanol–water partition coefficient (Wildman–Crippen LogP) is 3.53. The molecule has 1 aromatic carbocycles. The highest BCUT2D eigenvalue weighted by Crippen LogP contribution is 2.34. The maximum Gasteiger partial charge on any atom is 0.342 e. The Kier molecular flexibility index (Phi) is 5.67. The van der Waals surface area contributed by atoms with E-state index in [9.17, 15) is 9.90 Å². The third-order valence-electron chi connectivity index (χ3n) is 3.43. The van der Waals surface area contributed by atoms with Crippen LogP contribution in [-0.2, 0) is 17.6 Å². The Morgan fingerprint density at radius 2 is 1.84 bits per heavy atom. The van der Waals surface area contributed by atoms with Crippen molar-refractivity contribution >= 4 is 17.6 Å². The standard InChI is InChI=1S/C15H21ClO3/c1-5-11-9(3)12(7-8-16)10(4)13(14(11)17)15(18)19-6-2/h17H,5-8H2,1-4H3. The number of aromatic hydroxyl groups is 1. The van der Waals surface area contributed by atoms with Crippen LogP contribution in [0.1, 0.15) is 46.5 Å². The first-order valence-electron chi connectivity index (χ1n) is 6.56. The van der Waals surface area contributed by atoms with Crippen molar-refractivity contribution in [2.75, 3.05) is 12.5 Å². The minimum Gasteiger partial charge on any atom is -0.507 e. The van der Waals surface area contributed by atoms with E-state index in [-0.39, 0.29) is 17.9 Å². The molecule has 0 aliphatic carbocycles. The molecule has 0 fully saturated rings. The summed E-state index contributed by atoms with van der Waals surface area (Å²) >= 11 is 5.83. The molecule has 0 amide bonds. The van der Waals surface area contributed by atoms with Gasteiger partial charge in [-0.2, -0.15) is 0 Å². The largest absolute Gasteiger partial charge is 0.507 e. The number of ether oxygens (including phenoxy) is 1. The Morgan fingerprint density at radius 3 is 2.32 bits per heavy atom. The van der Waals surface area contributed by atoms with Crippen LogP contribution in [0.5, 0.6) is 5.75 Å². The maximum atomic E-state index is 12.0. The van der Waals surface area contributed by atoms with E-state index in [1.54, 1.807) is 6.92 Å².